The minimum atomic E-state index is -0.431. The summed E-state index contributed by atoms with van der Waals surface area (Å²) in [5, 5.41) is 0. The van der Waals surface area contributed by atoms with Gasteiger partial charge in [-0.2, -0.15) is 0 Å². The quantitative estimate of drug-likeness (QED) is 0.784. The first-order valence-corrected chi connectivity index (χ1v) is 7.89. The van der Waals surface area contributed by atoms with Gasteiger partial charge in [0.2, 0.25) is 0 Å². The molecule has 0 aromatic heterocycles. The largest absolute Gasteiger partial charge is 0.485 e. The van der Waals surface area contributed by atoms with Crippen molar-refractivity contribution in [2.24, 2.45) is 0 Å². The van der Waals surface area contributed by atoms with Gasteiger partial charge in [0.25, 0.3) is 0 Å². The Morgan fingerprint density at radius 3 is 2.48 bits per heavy atom. The summed E-state index contributed by atoms with van der Waals surface area (Å²) in [7, 11) is 0. The van der Waals surface area contributed by atoms with Gasteiger partial charge in [-0.3, -0.25) is 4.79 Å². The maximum atomic E-state index is 15.0. The first kappa shape index (κ1) is 14.4. The molecule has 3 nitrogen and oxygen atoms in total. The van der Waals surface area contributed by atoms with E-state index in [4.69, 9.17) is 9.47 Å². The lowest BCUT2D eigenvalue weighted by Crippen LogP contribution is -2.38. The predicted molar refractivity (Wildman–Crippen MR) is 84.4 cm³/mol. The summed E-state index contributed by atoms with van der Waals surface area (Å²) in [6.07, 6.45) is 2.38. The molecule has 23 heavy (non-hydrogen) atoms. The first-order chi connectivity index (χ1) is 11.3. The van der Waals surface area contributed by atoms with Crippen LogP contribution in [0.2, 0.25) is 0 Å². The van der Waals surface area contributed by atoms with Crippen LogP contribution in [0.5, 0.6) is 5.75 Å². The zero-order valence-corrected chi connectivity index (χ0v) is 12.6. The Kier molecular flexibility index (Phi) is 3.62. The number of aldehydes is 1. The zero-order valence-electron chi connectivity index (χ0n) is 12.6. The fourth-order valence-electron chi connectivity index (χ4n) is 2.95. The molecule has 1 saturated carbocycles. The van der Waals surface area contributed by atoms with Crippen LogP contribution in [0, 0.1) is 5.82 Å². The average molecular weight is 312 g/mol. The van der Waals surface area contributed by atoms with Crippen LogP contribution in [0.1, 0.15) is 34.7 Å². The van der Waals surface area contributed by atoms with Crippen LogP contribution < -0.4 is 4.74 Å². The minimum absolute atomic E-state index is 0.0264. The maximum Gasteiger partial charge on any atom is 0.156 e. The molecule has 2 fully saturated rings. The number of benzene rings is 2. The molecule has 0 unspecified atom stereocenters. The van der Waals surface area contributed by atoms with E-state index in [1.165, 1.54) is 0 Å². The Labute approximate surface area is 134 Å². The van der Waals surface area contributed by atoms with Crippen molar-refractivity contribution in [1.29, 1.82) is 0 Å². The number of carbonyl (C=O) groups excluding carboxylic acids is 1. The fraction of sp³-hybridized carbons (Fsp3) is 0.316. The van der Waals surface area contributed by atoms with E-state index in [1.54, 1.807) is 0 Å². The highest BCUT2D eigenvalue weighted by molar-refractivity contribution is 5.84. The second kappa shape index (κ2) is 5.78. The normalized spacial score (nSPS) is 17.6. The highest BCUT2D eigenvalue weighted by atomic mass is 19.1. The van der Waals surface area contributed by atoms with Gasteiger partial charge in [0.1, 0.15) is 17.7 Å². The Hall–Kier alpha value is -2.20. The second-order valence-electron chi connectivity index (χ2n) is 6.10. The Balaban J connectivity index is 1.86. The second-order valence-corrected chi connectivity index (χ2v) is 6.10. The van der Waals surface area contributed by atoms with Crippen molar-refractivity contribution < 1.29 is 18.7 Å². The number of halogens is 1. The average Bonchev–Trinajstić information content (AvgIpc) is 3.36. The number of ether oxygens (including phenoxy) is 2. The molecule has 0 spiro atoms. The third kappa shape index (κ3) is 2.63. The molecule has 0 atom stereocenters. The third-order valence-corrected chi connectivity index (χ3v) is 4.39. The fourth-order valence-corrected chi connectivity index (χ4v) is 2.95. The van der Waals surface area contributed by atoms with Crippen LogP contribution in [0.25, 0.3) is 11.1 Å². The van der Waals surface area contributed by atoms with Crippen LogP contribution in [0.4, 0.5) is 4.39 Å². The van der Waals surface area contributed by atoms with Gasteiger partial charge in [0, 0.05) is 0 Å². The molecule has 1 aliphatic carbocycles. The lowest BCUT2D eigenvalue weighted by molar-refractivity contribution is -0.0798. The molecule has 0 amide bonds. The van der Waals surface area contributed by atoms with Gasteiger partial charge in [0.05, 0.1) is 18.8 Å². The van der Waals surface area contributed by atoms with Crippen molar-refractivity contribution >= 4 is 6.29 Å². The molecular weight excluding hydrogens is 295 g/mol. The monoisotopic (exact) mass is 312 g/mol. The topological polar surface area (TPSA) is 35.5 Å². The van der Waals surface area contributed by atoms with Crippen LogP contribution in [-0.2, 0) is 4.74 Å². The van der Waals surface area contributed by atoms with E-state index in [0.717, 1.165) is 24.0 Å². The predicted octanol–water partition coefficient (Wildman–Crippen LogP) is 3.96. The van der Waals surface area contributed by atoms with Crippen molar-refractivity contribution in [1.82, 2.24) is 0 Å². The van der Waals surface area contributed by atoms with E-state index in [2.05, 4.69) is 0 Å². The van der Waals surface area contributed by atoms with Gasteiger partial charge in [-0.25, -0.2) is 4.39 Å². The number of hydrogen-bond donors (Lipinski definition) is 0. The SMILES string of the molecule is O=Cc1c(OC2COC2)cc(-c2ccccc2)c(C2CC2)c1F. The summed E-state index contributed by atoms with van der Waals surface area (Å²) in [5.74, 6) is 0.0816. The lowest BCUT2D eigenvalue weighted by Gasteiger charge is -2.28. The molecular formula is C19H17FO3. The Morgan fingerprint density at radius 2 is 1.91 bits per heavy atom. The van der Waals surface area contributed by atoms with E-state index in [9.17, 15) is 4.79 Å². The first-order valence-electron chi connectivity index (χ1n) is 7.89. The summed E-state index contributed by atoms with van der Waals surface area (Å²) < 4.78 is 25.9. The zero-order chi connectivity index (χ0) is 15.8. The van der Waals surface area contributed by atoms with Gasteiger partial charge in [-0.15, -0.1) is 0 Å². The molecule has 118 valence electrons. The standard InChI is InChI=1S/C19H17FO3/c20-19-16(9-21)17(23-14-10-22-11-14)8-15(18(19)13-6-7-13)12-4-2-1-3-5-12/h1-5,8-9,13-14H,6-7,10-11H2. The Bertz CT molecular complexity index is 734. The van der Waals surface area contributed by atoms with Gasteiger partial charge in [-0.1, -0.05) is 30.3 Å². The van der Waals surface area contributed by atoms with Crippen molar-refractivity contribution in [3.8, 4) is 16.9 Å². The molecule has 4 rings (SSSR count). The van der Waals surface area contributed by atoms with Crippen LogP contribution in [-0.4, -0.2) is 25.6 Å². The highest BCUT2D eigenvalue weighted by Crippen LogP contribution is 2.48. The Morgan fingerprint density at radius 1 is 1.17 bits per heavy atom. The van der Waals surface area contributed by atoms with Crippen molar-refractivity contribution in [2.45, 2.75) is 24.9 Å². The van der Waals surface area contributed by atoms with Crippen LogP contribution in [0.15, 0.2) is 36.4 Å². The van der Waals surface area contributed by atoms with Crippen molar-refractivity contribution in [2.75, 3.05) is 13.2 Å². The van der Waals surface area contributed by atoms with Gasteiger partial charge in [0.15, 0.2) is 6.29 Å². The van der Waals surface area contributed by atoms with Gasteiger partial charge >= 0.3 is 0 Å². The molecule has 1 saturated heterocycles. The minimum Gasteiger partial charge on any atom is -0.485 e. The molecule has 0 radical (unpaired) electrons. The molecule has 2 aromatic rings. The third-order valence-electron chi connectivity index (χ3n) is 4.39. The van der Waals surface area contributed by atoms with Crippen LogP contribution >= 0.6 is 0 Å². The van der Waals surface area contributed by atoms with E-state index in [0.29, 0.717) is 30.8 Å². The van der Waals surface area contributed by atoms with Crippen molar-refractivity contribution in [3.63, 3.8) is 0 Å². The summed E-state index contributed by atoms with van der Waals surface area (Å²) in [6.45, 7) is 0.954. The molecule has 2 aliphatic rings. The van der Waals surface area contributed by atoms with E-state index in [-0.39, 0.29) is 17.6 Å². The lowest BCUT2D eigenvalue weighted by atomic mass is 9.93. The number of hydrogen-bond acceptors (Lipinski definition) is 3. The van der Waals surface area contributed by atoms with Gasteiger partial charge < -0.3 is 9.47 Å². The molecule has 1 heterocycles. The van der Waals surface area contributed by atoms with Crippen LogP contribution in [0.3, 0.4) is 0 Å². The molecule has 4 heteroatoms. The van der Waals surface area contributed by atoms with E-state index < -0.39 is 5.82 Å². The molecule has 0 N–H and O–H groups in total. The summed E-state index contributed by atoms with van der Waals surface area (Å²) in [6, 6.07) is 11.5. The summed E-state index contributed by atoms with van der Waals surface area (Å²) in [4.78, 5) is 11.4. The highest BCUT2D eigenvalue weighted by Gasteiger charge is 2.33. The van der Waals surface area contributed by atoms with Crippen molar-refractivity contribution in [3.05, 3.63) is 53.3 Å². The number of carbonyl (C=O) groups is 1. The number of rotatable bonds is 5. The molecule has 1 aliphatic heterocycles. The smallest absolute Gasteiger partial charge is 0.156 e. The van der Waals surface area contributed by atoms with E-state index in [1.807, 2.05) is 36.4 Å². The van der Waals surface area contributed by atoms with Gasteiger partial charge in [-0.05, 0) is 41.5 Å². The molecule has 0 bridgehead atoms. The van der Waals surface area contributed by atoms with E-state index >= 15 is 4.39 Å². The molecule has 2 aromatic carbocycles. The summed E-state index contributed by atoms with van der Waals surface area (Å²) in [5.41, 5.74) is 2.45. The maximum absolute atomic E-state index is 15.0. The summed E-state index contributed by atoms with van der Waals surface area (Å²) >= 11 is 0.